The van der Waals surface area contributed by atoms with Crippen molar-refractivity contribution in [3.63, 3.8) is 0 Å². The molecule has 3 aromatic rings. The monoisotopic (exact) mass is 399 g/mol. The molecule has 2 aromatic heterocycles. The Kier molecular flexibility index (Phi) is 5.88. The van der Waals surface area contributed by atoms with Crippen LogP contribution in [0.15, 0.2) is 45.0 Å². The lowest BCUT2D eigenvalue weighted by Crippen LogP contribution is -2.16. The molecule has 138 valence electrons. The van der Waals surface area contributed by atoms with Crippen LogP contribution in [-0.2, 0) is 11.8 Å². The van der Waals surface area contributed by atoms with Gasteiger partial charge in [-0.05, 0) is 61.0 Å². The highest BCUT2D eigenvalue weighted by atomic mass is 32.2. The molecule has 2 heterocycles. The number of thioether (sulfide) groups is 2. The normalized spacial score (nSPS) is 10.6. The molecule has 1 N–H and O–H groups in total. The summed E-state index contributed by atoms with van der Waals surface area (Å²) < 4.78 is 7.13. The number of nitriles is 1. The van der Waals surface area contributed by atoms with Crippen molar-refractivity contribution in [3.05, 3.63) is 41.7 Å². The summed E-state index contributed by atoms with van der Waals surface area (Å²) in [6.07, 6.45) is 1.58. The van der Waals surface area contributed by atoms with Crippen molar-refractivity contribution in [1.82, 2.24) is 14.8 Å². The standard InChI is InChI=1S/C18H17N5O2S2/c1-11-7-13(27-10-19)8-12(2)16(11)20-15(24)9-26-18-22-21-17(23(18)3)14-5-4-6-25-14/h4-8H,9H2,1-3H3,(H,20,24). The fourth-order valence-electron chi connectivity index (χ4n) is 2.60. The second-order valence-corrected chi connectivity index (χ2v) is 7.61. The van der Waals surface area contributed by atoms with E-state index >= 15 is 0 Å². The Balaban J connectivity index is 1.65. The molecular formula is C18H17N5O2S2. The number of hydrogen-bond donors (Lipinski definition) is 1. The molecule has 0 saturated heterocycles. The Morgan fingerprint density at radius 3 is 2.70 bits per heavy atom. The number of carbonyl (C=O) groups excluding carboxylic acids is 1. The Morgan fingerprint density at radius 1 is 1.33 bits per heavy atom. The molecule has 1 aromatic carbocycles. The van der Waals surface area contributed by atoms with Crippen LogP contribution in [0.4, 0.5) is 5.69 Å². The Labute approximate surface area is 165 Å². The van der Waals surface area contributed by atoms with Crippen LogP contribution in [0.1, 0.15) is 11.1 Å². The van der Waals surface area contributed by atoms with Crippen molar-refractivity contribution in [1.29, 1.82) is 5.26 Å². The molecule has 0 fully saturated rings. The van der Waals surface area contributed by atoms with E-state index in [0.717, 1.165) is 33.5 Å². The summed E-state index contributed by atoms with van der Waals surface area (Å²) in [5, 5.41) is 22.7. The van der Waals surface area contributed by atoms with Crippen molar-refractivity contribution in [2.24, 2.45) is 7.05 Å². The second kappa shape index (κ2) is 8.33. The van der Waals surface area contributed by atoms with E-state index in [0.29, 0.717) is 16.7 Å². The Hall–Kier alpha value is -2.70. The van der Waals surface area contributed by atoms with Gasteiger partial charge in [-0.2, -0.15) is 5.26 Å². The van der Waals surface area contributed by atoms with Crippen LogP contribution in [0.2, 0.25) is 0 Å². The summed E-state index contributed by atoms with van der Waals surface area (Å²) in [6.45, 7) is 3.82. The number of amides is 1. The number of aryl methyl sites for hydroxylation is 2. The third kappa shape index (κ3) is 4.35. The predicted molar refractivity (Wildman–Crippen MR) is 105 cm³/mol. The highest BCUT2D eigenvalue weighted by Crippen LogP contribution is 2.28. The maximum Gasteiger partial charge on any atom is 0.234 e. The number of thiocyanates is 1. The Bertz CT molecular complexity index is 982. The zero-order chi connectivity index (χ0) is 19.4. The molecule has 0 aliphatic heterocycles. The summed E-state index contributed by atoms with van der Waals surface area (Å²) >= 11 is 2.41. The van der Waals surface area contributed by atoms with E-state index in [-0.39, 0.29) is 11.7 Å². The first-order valence-corrected chi connectivity index (χ1v) is 9.83. The lowest BCUT2D eigenvalue weighted by atomic mass is 10.1. The van der Waals surface area contributed by atoms with Crippen molar-refractivity contribution in [3.8, 4) is 17.0 Å². The van der Waals surface area contributed by atoms with Gasteiger partial charge in [0.1, 0.15) is 5.40 Å². The largest absolute Gasteiger partial charge is 0.461 e. The average molecular weight is 400 g/mol. The SMILES string of the molecule is Cc1cc(SC#N)cc(C)c1NC(=O)CSc1nnc(-c2ccco2)n1C. The summed E-state index contributed by atoms with van der Waals surface area (Å²) in [5.41, 5.74) is 2.62. The van der Waals surface area contributed by atoms with Gasteiger partial charge in [0.25, 0.3) is 0 Å². The molecule has 3 rings (SSSR count). The summed E-state index contributed by atoms with van der Waals surface area (Å²) in [6, 6.07) is 7.38. The molecule has 0 spiro atoms. The number of hydrogen-bond acceptors (Lipinski definition) is 7. The number of furan rings is 1. The van der Waals surface area contributed by atoms with Crippen LogP contribution in [-0.4, -0.2) is 26.4 Å². The molecule has 0 aliphatic rings. The molecule has 9 heteroatoms. The van der Waals surface area contributed by atoms with E-state index in [1.807, 2.05) is 39.1 Å². The predicted octanol–water partition coefficient (Wildman–Crippen LogP) is 4.00. The first-order valence-electron chi connectivity index (χ1n) is 8.02. The molecule has 0 bridgehead atoms. The highest BCUT2D eigenvalue weighted by molar-refractivity contribution is 8.03. The van der Waals surface area contributed by atoms with E-state index in [1.165, 1.54) is 11.8 Å². The number of aromatic nitrogens is 3. The minimum absolute atomic E-state index is 0.130. The van der Waals surface area contributed by atoms with Crippen molar-refractivity contribution >= 4 is 35.1 Å². The van der Waals surface area contributed by atoms with Gasteiger partial charge in [-0.25, -0.2) is 0 Å². The molecule has 27 heavy (non-hydrogen) atoms. The van der Waals surface area contributed by atoms with Crippen LogP contribution in [0.3, 0.4) is 0 Å². The molecular weight excluding hydrogens is 382 g/mol. The molecule has 1 amide bonds. The van der Waals surface area contributed by atoms with Crippen LogP contribution >= 0.6 is 23.5 Å². The first-order chi connectivity index (χ1) is 13.0. The van der Waals surface area contributed by atoms with Gasteiger partial charge >= 0.3 is 0 Å². The quantitative estimate of drug-likeness (QED) is 0.494. The number of carbonyl (C=O) groups is 1. The van der Waals surface area contributed by atoms with E-state index < -0.39 is 0 Å². The van der Waals surface area contributed by atoms with Crippen molar-refractivity contribution < 1.29 is 9.21 Å². The number of nitrogens with zero attached hydrogens (tertiary/aromatic N) is 4. The van der Waals surface area contributed by atoms with Gasteiger partial charge in [0.15, 0.2) is 16.7 Å². The molecule has 7 nitrogen and oxygen atoms in total. The van der Waals surface area contributed by atoms with Gasteiger partial charge in [0.2, 0.25) is 5.91 Å². The van der Waals surface area contributed by atoms with Gasteiger partial charge in [-0.1, -0.05) is 11.8 Å². The smallest absolute Gasteiger partial charge is 0.234 e. The van der Waals surface area contributed by atoms with Crippen LogP contribution in [0.25, 0.3) is 11.6 Å². The Morgan fingerprint density at radius 2 is 2.07 bits per heavy atom. The van der Waals surface area contributed by atoms with E-state index in [1.54, 1.807) is 16.9 Å². The third-order valence-electron chi connectivity index (χ3n) is 3.84. The number of nitrogens with one attached hydrogen (secondary N) is 1. The fraction of sp³-hybridized carbons (Fsp3) is 0.222. The molecule has 0 unspecified atom stereocenters. The zero-order valence-corrected chi connectivity index (χ0v) is 16.6. The summed E-state index contributed by atoms with van der Waals surface area (Å²) in [4.78, 5) is 13.2. The van der Waals surface area contributed by atoms with E-state index in [4.69, 9.17) is 9.68 Å². The van der Waals surface area contributed by atoms with E-state index in [2.05, 4.69) is 20.9 Å². The summed E-state index contributed by atoms with van der Waals surface area (Å²) in [5.74, 6) is 1.31. The van der Waals surface area contributed by atoms with E-state index in [9.17, 15) is 4.79 Å². The van der Waals surface area contributed by atoms with Gasteiger partial charge < -0.3 is 14.3 Å². The number of rotatable bonds is 6. The van der Waals surface area contributed by atoms with Gasteiger partial charge in [0, 0.05) is 17.6 Å². The number of benzene rings is 1. The summed E-state index contributed by atoms with van der Waals surface area (Å²) in [7, 11) is 1.83. The van der Waals surface area contributed by atoms with Crippen molar-refractivity contribution in [2.75, 3.05) is 11.1 Å². The molecule has 0 aliphatic carbocycles. The van der Waals surface area contributed by atoms with Crippen LogP contribution < -0.4 is 5.32 Å². The lowest BCUT2D eigenvalue weighted by molar-refractivity contribution is -0.113. The topological polar surface area (TPSA) is 96.7 Å². The molecule has 0 radical (unpaired) electrons. The maximum atomic E-state index is 12.4. The highest BCUT2D eigenvalue weighted by Gasteiger charge is 2.15. The van der Waals surface area contributed by atoms with Gasteiger partial charge in [-0.3, -0.25) is 4.79 Å². The third-order valence-corrected chi connectivity index (χ3v) is 5.43. The lowest BCUT2D eigenvalue weighted by Gasteiger charge is -2.12. The van der Waals surface area contributed by atoms with Crippen LogP contribution in [0, 0.1) is 24.5 Å². The maximum absolute atomic E-state index is 12.4. The van der Waals surface area contributed by atoms with Gasteiger partial charge in [0.05, 0.1) is 12.0 Å². The van der Waals surface area contributed by atoms with Gasteiger partial charge in [-0.15, -0.1) is 10.2 Å². The molecule has 0 atom stereocenters. The second-order valence-electron chi connectivity index (χ2n) is 5.80. The van der Waals surface area contributed by atoms with Crippen LogP contribution in [0.5, 0.6) is 0 Å². The average Bonchev–Trinajstić information content (AvgIpc) is 3.26. The first kappa shape index (κ1) is 19.1. The minimum Gasteiger partial charge on any atom is -0.461 e. The minimum atomic E-state index is -0.130. The van der Waals surface area contributed by atoms with Crippen molar-refractivity contribution in [2.45, 2.75) is 23.9 Å². The molecule has 0 saturated carbocycles. The fourth-order valence-corrected chi connectivity index (χ4v) is 3.89. The number of anilines is 1. The zero-order valence-electron chi connectivity index (χ0n) is 15.0.